The predicted molar refractivity (Wildman–Crippen MR) is 201 cm³/mol. The third-order valence-corrected chi connectivity index (χ3v) is 9.39. The van der Waals surface area contributed by atoms with Gasteiger partial charge in [0.05, 0.1) is 33.5 Å². The van der Waals surface area contributed by atoms with Crippen molar-refractivity contribution >= 4 is 78.9 Å². The summed E-state index contributed by atoms with van der Waals surface area (Å²) in [6.45, 7) is 5.01. The number of nitrogens with zero attached hydrogens (tertiary/aromatic N) is 2. The number of aromatic nitrogens is 4. The summed E-state index contributed by atoms with van der Waals surface area (Å²) in [6, 6.07) is 19.5. The third-order valence-electron chi connectivity index (χ3n) is 9.18. The number of carbonyl (C=O) groups excluding carboxylic acids is 2. The molecule has 7 aromatic rings. The van der Waals surface area contributed by atoms with Crippen molar-refractivity contribution in [2.75, 3.05) is 19.7 Å². The monoisotopic (exact) mass is 698 g/mol. The molecule has 5 N–H and O–H groups in total. The predicted octanol–water partition coefficient (Wildman–Crippen LogP) is 6.98. The topological polar surface area (TPSA) is 145 Å². The quantitative estimate of drug-likeness (QED) is 0.123. The van der Waals surface area contributed by atoms with Gasteiger partial charge in [-0.15, -0.1) is 0 Å². The Morgan fingerprint density at radius 3 is 1.92 bits per heavy atom. The van der Waals surface area contributed by atoms with Gasteiger partial charge in [0.15, 0.2) is 0 Å². The second kappa shape index (κ2) is 12.9. The van der Waals surface area contributed by atoms with Crippen LogP contribution in [-0.2, 0) is 12.8 Å². The number of fused-ring (bicyclic) bond motifs is 10. The minimum absolute atomic E-state index is 0.00740. The van der Waals surface area contributed by atoms with Crippen LogP contribution in [0.2, 0.25) is 5.15 Å². The average molecular weight is 699 g/mol. The molecule has 4 aromatic heterocycles. The highest BCUT2D eigenvalue weighted by molar-refractivity contribution is 6.30. The molecule has 0 spiro atoms. The standard InChI is InChI=1S/C26H25N3O3.C14H10ClN3O/c1-26(2,31)15-32-19-8-4-16(5-9-19)3-7-18-13-21-17(14-28-18)6-10-20-23-22(29-24(20)21)11-12-27-25(23)30;15-11-5-9-7(6-17-11)1-2-8-12-10(18-13(8)9)3-4-16-14(12)19/h3-10,13-14,29,31H,11-12,15H2,1-2H3,(H,27,30);1-2,5-6,18H,3-4H2,(H,16,19). The molecule has 3 aromatic carbocycles. The molecule has 0 aliphatic carbocycles. The maximum absolute atomic E-state index is 12.4. The summed E-state index contributed by atoms with van der Waals surface area (Å²) in [5, 5.41) is 22.0. The number of rotatable bonds is 5. The van der Waals surface area contributed by atoms with E-state index in [0.29, 0.717) is 18.2 Å². The summed E-state index contributed by atoms with van der Waals surface area (Å²) in [5.74, 6) is 0.697. The lowest BCUT2D eigenvalue weighted by molar-refractivity contribution is 0.0285. The van der Waals surface area contributed by atoms with Gasteiger partial charge < -0.3 is 30.4 Å². The van der Waals surface area contributed by atoms with Crippen molar-refractivity contribution in [2.24, 2.45) is 0 Å². The number of aliphatic hydroxyl groups is 1. The zero-order valence-corrected chi connectivity index (χ0v) is 28.8. The molecule has 256 valence electrons. The zero-order valence-electron chi connectivity index (χ0n) is 28.1. The van der Waals surface area contributed by atoms with E-state index in [4.69, 9.17) is 16.3 Å². The molecule has 6 heterocycles. The number of aromatic amines is 2. The van der Waals surface area contributed by atoms with Gasteiger partial charge in [-0.1, -0.05) is 54.1 Å². The largest absolute Gasteiger partial charge is 0.491 e. The highest BCUT2D eigenvalue weighted by atomic mass is 35.5. The minimum Gasteiger partial charge on any atom is -0.491 e. The molecule has 2 aliphatic heterocycles. The van der Waals surface area contributed by atoms with Crippen LogP contribution in [-0.4, -0.2) is 62.2 Å². The van der Waals surface area contributed by atoms with Crippen molar-refractivity contribution in [3.8, 4) is 5.75 Å². The molecule has 0 unspecified atom stereocenters. The Hall–Kier alpha value is -5.71. The van der Waals surface area contributed by atoms with Crippen LogP contribution in [0.25, 0.3) is 55.5 Å². The summed E-state index contributed by atoms with van der Waals surface area (Å²) in [7, 11) is 0. The summed E-state index contributed by atoms with van der Waals surface area (Å²) in [6.07, 6.45) is 9.22. The Labute approximate surface area is 297 Å². The number of benzene rings is 3. The number of halogens is 1. The van der Waals surface area contributed by atoms with Crippen molar-refractivity contribution in [3.05, 3.63) is 112 Å². The second-order valence-corrected chi connectivity index (χ2v) is 13.9. The molecule has 9 rings (SSSR count). The van der Waals surface area contributed by atoms with Gasteiger partial charge in [-0.2, -0.15) is 0 Å². The summed E-state index contributed by atoms with van der Waals surface area (Å²) < 4.78 is 5.60. The maximum Gasteiger partial charge on any atom is 0.253 e. The molecular weight excluding hydrogens is 664 g/mol. The van der Waals surface area contributed by atoms with Gasteiger partial charge in [-0.25, -0.2) is 4.98 Å². The fourth-order valence-corrected chi connectivity index (χ4v) is 6.90. The zero-order chi connectivity index (χ0) is 35.3. The Bertz CT molecular complexity index is 2530. The fraction of sp³-hybridized carbons (Fsp3) is 0.200. The van der Waals surface area contributed by atoms with Gasteiger partial charge in [0.1, 0.15) is 17.5 Å². The lowest BCUT2D eigenvalue weighted by atomic mass is 10.0. The van der Waals surface area contributed by atoms with E-state index in [-0.39, 0.29) is 18.4 Å². The maximum atomic E-state index is 12.4. The number of hydrogen-bond donors (Lipinski definition) is 5. The number of nitrogens with one attached hydrogen (secondary N) is 4. The highest BCUT2D eigenvalue weighted by Gasteiger charge is 2.24. The van der Waals surface area contributed by atoms with E-state index in [2.05, 4.69) is 36.6 Å². The molecule has 2 amide bonds. The number of carbonyl (C=O) groups is 2. The molecule has 0 bridgehead atoms. The number of ether oxygens (including phenoxy) is 1. The van der Waals surface area contributed by atoms with E-state index < -0.39 is 5.60 Å². The van der Waals surface area contributed by atoms with Gasteiger partial charge in [0, 0.05) is 82.0 Å². The Morgan fingerprint density at radius 1 is 0.765 bits per heavy atom. The second-order valence-electron chi connectivity index (χ2n) is 13.5. The number of amides is 2. The first-order valence-corrected chi connectivity index (χ1v) is 17.2. The van der Waals surface area contributed by atoms with Gasteiger partial charge in [-0.05, 0) is 49.8 Å². The number of hydrogen-bond acceptors (Lipinski definition) is 6. The summed E-state index contributed by atoms with van der Waals surface area (Å²) in [4.78, 5) is 39.8. The lowest BCUT2D eigenvalue weighted by Gasteiger charge is -2.17. The number of H-pyrrole nitrogens is 2. The Balaban J connectivity index is 0.000000166. The van der Waals surface area contributed by atoms with Crippen LogP contribution in [0.4, 0.5) is 0 Å². The SMILES string of the molecule is CC(C)(O)COc1ccc(C=Cc2cc3c(ccc4c5c([nH]c43)CCNC5=O)cn2)cc1.O=C1NCCc2[nH]c3c(ccc4cnc(Cl)cc43)c21. The first-order chi connectivity index (χ1) is 24.6. The first kappa shape index (κ1) is 32.5. The van der Waals surface area contributed by atoms with Crippen LogP contribution in [0.3, 0.4) is 0 Å². The van der Waals surface area contributed by atoms with Crippen molar-refractivity contribution < 1.29 is 19.4 Å². The Kier molecular flexibility index (Phi) is 8.20. The molecule has 0 atom stereocenters. The van der Waals surface area contributed by atoms with E-state index in [1.807, 2.05) is 72.9 Å². The van der Waals surface area contributed by atoms with Crippen LogP contribution in [0.5, 0.6) is 5.75 Å². The average Bonchev–Trinajstić information content (AvgIpc) is 3.71. The van der Waals surface area contributed by atoms with E-state index >= 15 is 0 Å². The van der Waals surface area contributed by atoms with Crippen molar-refractivity contribution in [2.45, 2.75) is 32.3 Å². The van der Waals surface area contributed by atoms with Crippen LogP contribution < -0.4 is 15.4 Å². The highest BCUT2D eigenvalue weighted by Crippen LogP contribution is 2.33. The van der Waals surface area contributed by atoms with Crippen molar-refractivity contribution in [1.82, 2.24) is 30.6 Å². The fourth-order valence-electron chi connectivity index (χ4n) is 6.74. The van der Waals surface area contributed by atoms with Crippen molar-refractivity contribution in [3.63, 3.8) is 0 Å². The molecule has 10 nitrogen and oxygen atoms in total. The minimum atomic E-state index is -0.867. The molecule has 0 radical (unpaired) electrons. The normalized spacial score (nSPS) is 14.4. The molecular formula is C40H35ClN6O4. The smallest absolute Gasteiger partial charge is 0.253 e. The van der Waals surface area contributed by atoms with E-state index in [9.17, 15) is 14.7 Å². The van der Waals surface area contributed by atoms with E-state index in [0.717, 1.165) is 95.7 Å². The molecule has 0 saturated heterocycles. The van der Waals surface area contributed by atoms with E-state index in [1.165, 1.54) is 0 Å². The first-order valence-electron chi connectivity index (χ1n) is 16.8. The van der Waals surface area contributed by atoms with Crippen LogP contribution in [0.15, 0.2) is 73.1 Å². The van der Waals surface area contributed by atoms with Crippen LogP contribution >= 0.6 is 11.6 Å². The molecule has 2 aliphatic rings. The summed E-state index contributed by atoms with van der Waals surface area (Å²) >= 11 is 5.97. The molecule has 11 heteroatoms. The lowest BCUT2D eigenvalue weighted by Crippen LogP contribution is -2.31. The third kappa shape index (κ3) is 6.40. The molecule has 0 saturated carbocycles. The number of pyridine rings is 2. The molecule has 0 fully saturated rings. The summed E-state index contributed by atoms with van der Waals surface area (Å²) in [5.41, 5.74) is 6.45. The van der Waals surface area contributed by atoms with E-state index in [1.54, 1.807) is 20.0 Å². The van der Waals surface area contributed by atoms with Crippen molar-refractivity contribution in [1.29, 1.82) is 0 Å². The molecule has 51 heavy (non-hydrogen) atoms. The van der Waals surface area contributed by atoms with Gasteiger partial charge in [-0.3, -0.25) is 14.6 Å². The Morgan fingerprint density at radius 2 is 1.33 bits per heavy atom. The van der Waals surface area contributed by atoms with Crippen LogP contribution in [0, 0.1) is 0 Å². The van der Waals surface area contributed by atoms with Gasteiger partial charge in [0.2, 0.25) is 0 Å². The van der Waals surface area contributed by atoms with Gasteiger partial charge >= 0.3 is 0 Å². The van der Waals surface area contributed by atoms with Gasteiger partial charge in [0.25, 0.3) is 11.8 Å². The van der Waals surface area contributed by atoms with Crippen LogP contribution in [0.1, 0.15) is 57.2 Å².